The van der Waals surface area contributed by atoms with Crippen LogP contribution in [0.25, 0.3) is 22.3 Å². The van der Waals surface area contributed by atoms with Crippen LogP contribution in [0.3, 0.4) is 0 Å². The maximum Gasteiger partial charge on any atom is 0.315 e. The molecule has 2 amide bonds. The molecule has 9 atom stereocenters. The molecule has 4 aromatic rings. The molecule has 4 saturated heterocycles. The van der Waals surface area contributed by atoms with Gasteiger partial charge in [0.15, 0.2) is 35.4 Å². The van der Waals surface area contributed by atoms with E-state index in [1.807, 2.05) is 11.8 Å². The molecule has 274 valence electrons. The van der Waals surface area contributed by atoms with Gasteiger partial charge in [-0.15, -0.1) is 0 Å². The third-order valence-electron chi connectivity index (χ3n) is 9.34. The average Bonchev–Trinajstić information content (AvgIpc) is 3.96. The Kier molecular flexibility index (Phi) is 10.3. The second-order valence-corrected chi connectivity index (χ2v) is 14.1. The molecule has 0 saturated carbocycles. The Balaban J connectivity index is 0.000000190. The number of aliphatic hydroxyl groups is 3. The first-order valence-electron chi connectivity index (χ1n) is 16.7. The van der Waals surface area contributed by atoms with E-state index >= 15 is 0 Å². The largest absolute Gasteiger partial charge is 0.463 e. The number of unbranched alkanes of at least 4 members (excludes halogenated alkanes) is 1. The number of nitrogens with zero attached hydrogens (tertiary/aromatic N) is 8. The van der Waals surface area contributed by atoms with Gasteiger partial charge in [-0.05, 0) is 12.8 Å². The third-order valence-corrected chi connectivity index (χ3v) is 10.9. The SMILES string of the molecule is Nc1ncnc2c1ncn2[C@@H]1O[C@H](CO)C[C@@H]1O.Nc1ncnc2c1ncn2[C@@H]1O[C@H](COC(=O)CCCC[C@@H]2SC[C@@H]3NC(=O)N[C@@H]32)C[C@@H]1O. The number of esters is 1. The fourth-order valence-corrected chi connectivity index (χ4v) is 8.36. The molecule has 4 aliphatic rings. The summed E-state index contributed by atoms with van der Waals surface area (Å²) in [6.45, 7) is -0.0482. The maximum atomic E-state index is 12.2. The van der Waals surface area contributed by atoms with E-state index in [9.17, 15) is 19.8 Å². The minimum Gasteiger partial charge on any atom is -0.463 e. The molecule has 0 radical (unpaired) electrons. The highest BCUT2D eigenvalue weighted by Gasteiger charge is 2.42. The lowest BCUT2D eigenvalue weighted by Gasteiger charge is -2.17. The molecular weight excluding hydrogens is 688 g/mol. The van der Waals surface area contributed by atoms with Crippen LogP contribution in [-0.2, 0) is 19.0 Å². The van der Waals surface area contributed by atoms with Gasteiger partial charge in [0.05, 0.1) is 43.6 Å². The van der Waals surface area contributed by atoms with Crippen LogP contribution in [0.1, 0.15) is 51.0 Å². The normalized spacial score (nSPS) is 29.9. The number of ether oxygens (including phenoxy) is 3. The lowest BCUT2D eigenvalue weighted by molar-refractivity contribution is -0.148. The first-order chi connectivity index (χ1) is 24.7. The Morgan fingerprint density at radius 1 is 0.902 bits per heavy atom. The highest BCUT2D eigenvalue weighted by atomic mass is 32.2. The van der Waals surface area contributed by atoms with Crippen molar-refractivity contribution >= 4 is 57.7 Å². The average molecular weight is 729 g/mol. The third kappa shape index (κ3) is 7.35. The Bertz CT molecular complexity index is 1860. The number of aromatic nitrogens is 8. The molecule has 9 N–H and O–H groups in total. The fourth-order valence-electron chi connectivity index (χ4n) is 6.81. The number of amides is 2. The number of nitrogens with two attached hydrogens (primary N) is 2. The molecule has 8 rings (SSSR count). The van der Waals surface area contributed by atoms with Crippen LogP contribution in [0.5, 0.6) is 0 Å². The zero-order valence-corrected chi connectivity index (χ0v) is 28.2. The number of hydrogen-bond acceptors (Lipinski definition) is 17. The fraction of sp³-hybridized carbons (Fsp3) is 0.600. The van der Waals surface area contributed by atoms with E-state index in [-0.39, 0.29) is 55.0 Å². The van der Waals surface area contributed by atoms with Crippen molar-refractivity contribution in [2.45, 2.75) is 92.7 Å². The van der Waals surface area contributed by atoms with Gasteiger partial charge in [-0.3, -0.25) is 13.9 Å². The number of anilines is 2. The number of thioether (sulfide) groups is 1. The number of imidazole rings is 2. The number of nitrogen functional groups attached to an aromatic ring is 2. The molecule has 0 spiro atoms. The molecule has 4 aromatic heterocycles. The lowest BCUT2D eigenvalue weighted by Crippen LogP contribution is -2.36. The van der Waals surface area contributed by atoms with Gasteiger partial charge in [-0.1, -0.05) is 6.42 Å². The predicted molar refractivity (Wildman–Crippen MR) is 181 cm³/mol. The van der Waals surface area contributed by atoms with Gasteiger partial charge in [0.25, 0.3) is 0 Å². The minimum absolute atomic E-state index is 0.0794. The van der Waals surface area contributed by atoms with Crippen molar-refractivity contribution in [3.05, 3.63) is 25.3 Å². The minimum atomic E-state index is -0.791. The molecule has 0 bridgehead atoms. The van der Waals surface area contributed by atoms with E-state index in [0.29, 0.717) is 46.8 Å². The predicted octanol–water partition coefficient (Wildman–Crippen LogP) is -0.625. The lowest BCUT2D eigenvalue weighted by atomic mass is 10.0. The van der Waals surface area contributed by atoms with Crippen LogP contribution in [0.2, 0.25) is 0 Å². The molecule has 0 aliphatic carbocycles. The number of rotatable bonds is 10. The highest BCUT2D eigenvalue weighted by Crippen LogP contribution is 2.34. The number of hydrogen-bond donors (Lipinski definition) is 7. The number of fused-ring (bicyclic) bond motifs is 3. The monoisotopic (exact) mass is 728 g/mol. The number of carbonyl (C=O) groups excluding carboxylic acids is 2. The van der Waals surface area contributed by atoms with Crippen molar-refractivity contribution in [2.24, 2.45) is 0 Å². The molecule has 0 aromatic carbocycles. The summed E-state index contributed by atoms with van der Waals surface area (Å²) in [4.78, 5) is 47.9. The Morgan fingerprint density at radius 3 is 2.12 bits per heavy atom. The number of aliphatic hydroxyl groups excluding tert-OH is 3. The topological polar surface area (TPSA) is 286 Å². The summed E-state index contributed by atoms with van der Waals surface area (Å²) < 4.78 is 20.1. The van der Waals surface area contributed by atoms with Crippen molar-refractivity contribution in [2.75, 3.05) is 30.4 Å². The van der Waals surface area contributed by atoms with E-state index < -0.39 is 30.8 Å². The van der Waals surface area contributed by atoms with E-state index in [1.165, 1.54) is 25.3 Å². The Labute approximate surface area is 294 Å². The summed E-state index contributed by atoms with van der Waals surface area (Å²) in [7, 11) is 0. The molecule has 8 heterocycles. The van der Waals surface area contributed by atoms with Gasteiger partial charge in [0.2, 0.25) is 0 Å². The van der Waals surface area contributed by atoms with E-state index in [4.69, 9.17) is 30.8 Å². The summed E-state index contributed by atoms with van der Waals surface area (Å²) in [6.07, 6.45) is 5.70. The molecule has 20 nitrogen and oxygen atoms in total. The van der Waals surface area contributed by atoms with Crippen LogP contribution < -0.4 is 22.1 Å². The zero-order chi connectivity index (χ0) is 35.6. The molecule has 4 fully saturated rings. The summed E-state index contributed by atoms with van der Waals surface area (Å²) in [5.74, 6) is 1.19. The molecule has 51 heavy (non-hydrogen) atoms. The van der Waals surface area contributed by atoms with Gasteiger partial charge in [0.1, 0.15) is 42.5 Å². The summed E-state index contributed by atoms with van der Waals surface area (Å²) in [5, 5.41) is 35.7. The second-order valence-electron chi connectivity index (χ2n) is 12.8. The van der Waals surface area contributed by atoms with Gasteiger partial charge >= 0.3 is 12.0 Å². The first kappa shape index (κ1) is 35.0. The first-order valence-corrected chi connectivity index (χ1v) is 17.7. The van der Waals surface area contributed by atoms with E-state index in [0.717, 1.165) is 25.0 Å². The van der Waals surface area contributed by atoms with Crippen molar-refractivity contribution in [1.82, 2.24) is 49.7 Å². The van der Waals surface area contributed by atoms with Crippen LogP contribution in [0.15, 0.2) is 25.3 Å². The van der Waals surface area contributed by atoms with E-state index in [1.54, 1.807) is 9.13 Å². The van der Waals surface area contributed by atoms with Crippen LogP contribution >= 0.6 is 11.8 Å². The second kappa shape index (κ2) is 15.1. The van der Waals surface area contributed by atoms with Gasteiger partial charge in [0, 0.05) is 30.3 Å². The number of nitrogens with one attached hydrogen (secondary N) is 2. The van der Waals surface area contributed by atoms with Gasteiger partial charge in [-0.2, -0.15) is 11.8 Å². The van der Waals surface area contributed by atoms with E-state index in [2.05, 4.69) is 40.5 Å². The Morgan fingerprint density at radius 2 is 1.51 bits per heavy atom. The smallest absolute Gasteiger partial charge is 0.315 e. The summed E-state index contributed by atoms with van der Waals surface area (Å²) >= 11 is 1.87. The van der Waals surface area contributed by atoms with Crippen molar-refractivity contribution < 1.29 is 39.1 Å². The van der Waals surface area contributed by atoms with Crippen LogP contribution in [0.4, 0.5) is 16.4 Å². The van der Waals surface area contributed by atoms with Crippen LogP contribution in [-0.4, -0.2) is 127 Å². The quantitative estimate of drug-likeness (QED) is 0.0608. The van der Waals surface area contributed by atoms with Crippen molar-refractivity contribution in [3.63, 3.8) is 0 Å². The van der Waals surface area contributed by atoms with Gasteiger partial charge < -0.3 is 51.6 Å². The van der Waals surface area contributed by atoms with Crippen LogP contribution in [0, 0.1) is 0 Å². The molecular formula is C30H40N12O8S. The molecule has 4 aliphatic heterocycles. The van der Waals surface area contributed by atoms with Crippen molar-refractivity contribution in [3.8, 4) is 0 Å². The maximum absolute atomic E-state index is 12.2. The zero-order valence-electron chi connectivity index (χ0n) is 27.4. The van der Waals surface area contributed by atoms with Crippen molar-refractivity contribution in [1.29, 1.82) is 0 Å². The standard InChI is InChI=1S/C20H27N7O5S.C10H13N5O3/c21-17-16-18(23-8-22-17)27(9-24-16)19-12(28)5-10(32-19)6-31-14(29)4-2-1-3-13-15-11(7-33-13)25-20(30)26-15;11-8-7-9(13-3-12-8)15(4-14-7)10-6(17)1-5(2-16)18-10/h8-13,15,19,28H,1-7H2,(H2,21,22,23)(H2,25,26,30);3-6,10,16-17H,1-2H2,(H2,11,12,13)/t10-,11-,12-,13-,15-,19+;5-,6-,10+/m00/s1. The summed E-state index contributed by atoms with van der Waals surface area (Å²) in [5.41, 5.74) is 13.4. The highest BCUT2D eigenvalue weighted by molar-refractivity contribution is 8.00. The molecule has 0 unspecified atom stereocenters. The Hall–Kier alpha value is -4.41. The number of urea groups is 1. The number of carbonyl (C=O) groups is 2. The van der Waals surface area contributed by atoms with Gasteiger partial charge in [-0.25, -0.2) is 34.7 Å². The molecule has 21 heteroatoms. The summed E-state index contributed by atoms with van der Waals surface area (Å²) in [6, 6.07) is 0.316.